The third-order valence-electron chi connectivity index (χ3n) is 2.00. The summed E-state index contributed by atoms with van der Waals surface area (Å²) in [5, 5.41) is 8.78. The summed E-state index contributed by atoms with van der Waals surface area (Å²) in [4.78, 5) is 3.89. The van der Waals surface area contributed by atoms with Gasteiger partial charge in [0, 0.05) is 26.5 Å². The van der Waals surface area contributed by atoms with Crippen LogP contribution in [0.5, 0.6) is 5.75 Å². The Morgan fingerprint density at radius 1 is 1.29 bits per heavy atom. The number of rotatable bonds is 8. The summed E-state index contributed by atoms with van der Waals surface area (Å²) >= 11 is 0. The molecule has 0 aliphatic rings. The average Bonchev–Trinajstić information content (AvgIpc) is 2.38. The fourth-order valence-electron chi connectivity index (χ4n) is 1.21. The molecule has 1 heterocycles. The molecule has 1 aromatic heterocycles. The number of hydrogen-bond acceptors (Lipinski definition) is 5. The Labute approximate surface area is 101 Å². The van der Waals surface area contributed by atoms with Crippen molar-refractivity contribution in [1.82, 2.24) is 4.98 Å². The first kappa shape index (κ1) is 13.4. The van der Waals surface area contributed by atoms with E-state index in [4.69, 9.17) is 19.5 Å². The molecule has 1 rings (SSSR count). The van der Waals surface area contributed by atoms with Gasteiger partial charge in [0.15, 0.2) is 11.4 Å². The molecule has 0 saturated heterocycles. The van der Waals surface area contributed by atoms with Gasteiger partial charge in [0.2, 0.25) is 0 Å². The maximum Gasteiger partial charge on any atom is 0.182 e. The lowest BCUT2D eigenvalue weighted by Gasteiger charge is -2.07. The highest BCUT2D eigenvalue weighted by atomic mass is 16.5. The van der Waals surface area contributed by atoms with Crippen LogP contribution in [0.25, 0.3) is 0 Å². The maximum atomic E-state index is 8.78. The molecular formula is C12H16N2O3. The number of pyridine rings is 1. The summed E-state index contributed by atoms with van der Waals surface area (Å²) in [7, 11) is 1.66. The standard InChI is InChI=1S/C12H16N2O3/c1-15-6-3-7-16-8-9-17-12-4-2-5-14-11(12)10-13/h2,4-5H,3,6-9H2,1H3. The molecule has 0 atom stereocenters. The molecule has 0 aliphatic heterocycles. The van der Waals surface area contributed by atoms with Crippen molar-refractivity contribution in [2.24, 2.45) is 0 Å². The molecule has 0 amide bonds. The van der Waals surface area contributed by atoms with Crippen LogP contribution >= 0.6 is 0 Å². The van der Waals surface area contributed by atoms with E-state index in [-0.39, 0.29) is 0 Å². The van der Waals surface area contributed by atoms with Crippen molar-refractivity contribution in [1.29, 1.82) is 5.26 Å². The fraction of sp³-hybridized carbons (Fsp3) is 0.500. The molecule has 0 unspecified atom stereocenters. The first-order chi connectivity index (χ1) is 8.38. The number of hydrogen-bond donors (Lipinski definition) is 0. The van der Waals surface area contributed by atoms with Gasteiger partial charge in [-0.05, 0) is 18.6 Å². The molecule has 0 aliphatic carbocycles. The van der Waals surface area contributed by atoms with Crippen LogP contribution < -0.4 is 4.74 Å². The second kappa shape index (κ2) is 8.50. The summed E-state index contributed by atoms with van der Waals surface area (Å²) in [6, 6.07) is 5.42. The molecule has 0 bridgehead atoms. The minimum atomic E-state index is 0.298. The van der Waals surface area contributed by atoms with Crippen LogP contribution in [0.3, 0.4) is 0 Å². The van der Waals surface area contributed by atoms with E-state index < -0.39 is 0 Å². The van der Waals surface area contributed by atoms with E-state index in [9.17, 15) is 0 Å². The van der Waals surface area contributed by atoms with E-state index >= 15 is 0 Å². The summed E-state index contributed by atoms with van der Waals surface area (Å²) < 4.78 is 15.6. The van der Waals surface area contributed by atoms with Crippen molar-refractivity contribution in [2.45, 2.75) is 6.42 Å². The lowest BCUT2D eigenvalue weighted by Crippen LogP contribution is -2.09. The monoisotopic (exact) mass is 236 g/mol. The molecule has 0 radical (unpaired) electrons. The van der Waals surface area contributed by atoms with E-state index in [2.05, 4.69) is 4.98 Å². The van der Waals surface area contributed by atoms with Gasteiger partial charge in [0.1, 0.15) is 12.7 Å². The number of nitriles is 1. The fourth-order valence-corrected chi connectivity index (χ4v) is 1.21. The highest BCUT2D eigenvalue weighted by Gasteiger charge is 2.02. The molecule has 17 heavy (non-hydrogen) atoms. The van der Waals surface area contributed by atoms with Gasteiger partial charge < -0.3 is 14.2 Å². The van der Waals surface area contributed by atoms with E-state index in [1.54, 1.807) is 25.4 Å². The zero-order chi connectivity index (χ0) is 12.3. The molecule has 0 N–H and O–H groups in total. The van der Waals surface area contributed by atoms with Crippen LogP contribution in [0.2, 0.25) is 0 Å². The molecule has 1 aromatic rings. The van der Waals surface area contributed by atoms with Crippen LogP contribution in [0.15, 0.2) is 18.3 Å². The summed E-state index contributed by atoms with van der Waals surface area (Å²) in [5.74, 6) is 0.496. The van der Waals surface area contributed by atoms with Crippen LogP contribution in [0.1, 0.15) is 12.1 Å². The quantitative estimate of drug-likeness (QED) is 0.638. The predicted molar refractivity (Wildman–Crippen MR) is 61.8 cm³/mol. The number of nitrogens with zero attached hydrogens (tertiary/aromatic N) is 2. The highest BCUT2D eigenvalue weighted by molar-refractivity contribution is 5.36. The van der Waals surface area contributed by atoms with E-state index in [1.807, 2.05) is 6.07 Å². The van der Waals surface area contributed by atoms with Gasteiger partial charge in [-0.2, -0.15) is 5.26 Å². The van der Waals surface area contributed by atoms with Crippen LogP contribution in [0.4, 0.5) is 0 Å². The Morgan fingerprint density at radius 2 is 2.18 bits per heavy atom. The minimum absolute atomic E-state index is 0.298. The van der Waals surface area contributed by atoms with Gasteiger partial charge in [0.25, 0.3) is 0 Å². The van der Waals surface area contributed by atoms with E-state index in [0.29, 0.717) is 37.9 Å². The third-order valence-corrected chi connectivity index (χ3v) is 2.00. The zero-order valence-corrected chi connectivity index (χ0v) is 9.89. The largest absolute Gasteiger partial charge is 0.488 e. The van der Waals surface area contributed by atoms with Crippen molar-refractivity contribution in [3.05, 3.63) is 24.0 Å². The number of methoxy groups -OCH3 is 1. The van der Waals surface area contributed by atoms with Crippen molar-refractivity contribution >= 4 is 0 Å². The molecule has 0 fully saturated rings. The first-order valence-electron chi connectivity index (χ1n) is 5.43. The van der Waals surface area contributed by atoms with E-state index in [0.717, 1.165) is 6.42 Å². The average molecular weight is 236 g/mol. The second-order valence-corrected chi connectivity index (χ2v) is 3.27. The second-order valence-electron chi connectivity index (χ2n) is 3.27. The summed E-state index contributed by atoms with van der Waals surface area (Å²) in [6.07, 6.45) is 2.43. The Bertz CT molecular complexity index is 363. The molecule has 5 nitrogen and oxygen atoms in total. The highest BCUT2D eigenvalue weighted by Crippen LogP contribution is 2.13. The van der Waals surface area contributed by atoms with Crippen LogP contribution in [0, 0.1) is 11.3 Å². The molecule has 92 valence electrons. The van der Waals surface area contributed by atoms with Crippen molar-refractivity contribution in [3.63, 3.8) is 0 Å². The Kier molecular flexibility index (Phi) is 6.72. The van der Waals surface area contributed by atoms with Gasteiger partial charge in [0.05, 0.1) is 6.61 Å². The third kappa shape index (κ3) is 5.29. The minimum Gasteiger partial charge on any atom is -0.488 e. The SMILES string of the molecule is COCCCOCCOc1cccnc1C#N. The normalized spacial score (nSPS) is 9.88. The maximum absolute atomic E-state index is 8.78. The lowest BCUT2D eigenvalue weighted by atomic mass is 10.3. The van der Waals surface area contributed by atoms with Crippen molar-refractivity contribution < 1.29 is 14.2 Å². The molecule has 5 heteroatoms. The molecule has 0 spiro atoms. The predicted octanol–water partition coefficient (Wildman–Crippen LogP) is 1.39. The molecule has 0 aromatic carbocycles. The first-order valence-corrected chi connectivity index (χ1v) is 5.43. The van der Waals surface area contributed by atoms with Gasteiger partial charge in [-0.3, -0.25) is 0 Å². The van der Waals surface area contributed by atoms with Crippen molar-refractivity contribution in [3.8, 4) is 11.8 Å². The Morgan fingerprint density at radius 3 is 2.94 bits per heavy atom. The van der Waals surface area contributed by atoms with Gasteiger partial charge in [-0.25, -0.2) is 4.98 Å². The van der Waals surface area contributed by atoms with Crippen molar-refractivity contribution in [2.75, 3.05) is 33.5 Å². The smallest absolute Gasteiger partial charge is 0.182 e. The summed E-state index contributed by atoms with van der Waals surface area (Å²) in [5.41, 5.74) is 0.298. The molecule has 0 saturated carbocycles. The number of aromatic nitrogens is 1. The van der Waals surface area contributed by atoms with Gasteiger partial charge in [-0.1, -0.05) is 0 Å². The van der Waals surface area contributed by atoms with Gasteiger partial charge >= 0.3 is 0 Å². The van der Waals surface area contributed by atoms with Crippen LogP contribution in [-0.2, 0) is 9.47 Å². The summed E-state index contributed by atoms with van der Waals surface area (Å²) in [6.45, 7) is 2.24. The van der Waals surface area contributed by atoms with E-state index in [1.165, 1.54) is 0 Å². The topological polar surface area (TPSA) is 64.4 Å². The molecular weight excluding hydrogens is 220 g/mol. The van der Waals surface area contributed by atoms with Crippen LogP contribution in [-0.4, -0.2) is 38.5 Å². The lowest BCUT2D eigenvalue weighted by molar-refractivity contribution is 0.0805. The Balaban J connectivity index is 2.16. The Hall–Kier alpha value is -1.64. The zero-order valence-electron chi connectivity index (χ0n) is 9.89. The number of ether oxygens (including phenoxy) is 3. The van der Waals surface area contributed by atoms with Gasteiger partial charge in [-0.15, -0.1) is 0 Å².